The maximum atomic E-state index is 13.3. The Morgan fingerprint density at radius 2 is 1.71 bits per heavy atom. The van der Waals surface area contributed by atoms with E-state index in [1.54, 1.807) is 12.0 Å². The second kappa shape index (κ2) is 9.67. The lowest BCUT2D eigenvalue weighted by molar-refractivity contribution is -0.122. The molecule has 0 bridgehead atoms. The van der Waals surface area contributed by atoms with Gasteiger partial charge >= 0.3 is 0 Å². The molecule has 0 saturated carbocycles. The number of amidine groups is 1. The van der Waals surface area contributed by atoms with Gasteiger partial charge in [-0.1, -0.05) is 54.6 Å². The maximum absolute atomic E-state index is 13.3. The van der Waals surface area contributed by atoms with Crippen LogP contribution >= 0.6 is 11.8 Å². The first-order valence-electron chi connectivity index (χ1n) is 10.2. The average Bonchev–Trinajstić information content (AvgIpc) is 3.09. The number of rotatable bonds is 6. The Bertz CT molecular complexity index is 1120. The van der Waals surface area contributed by atoms with Gasteiger partial charge in [-0.2, -0.15) is 0 Å². The highest BCUT2D eigenvalue weighted by atomic mass is 32.2. The molecule has 1 aliphatic heterocycles. The van der Waals surface area contributed by atoms with Crippen molar-refractivity contribution >= 4 is 34.6 Å². The van der Waals surface area contributed by atoms with Crippen molar-refractivity contribution in [3.8, 4) is 5.75 Å². The molecule has 4 rings (SSSR count). The molecule has 0 N–H and O–H groups in total. The number of methoxy groups -OCH3 is 1. The molecule has 156 valence electrons. The van der Waals surface area contributed by atoms with E-state index in [2.05, 4.69) is 12.1 Å². The van der Waals surface area contributed by atoms with Gasteiger partial charge in [0.15, 0.2) is 5.17 Å². The lowest BCUT2D eigenvalue weighted by atomic mass is 10.1. The highest BCUT2D eigenvalue weighted by molar-refractivity contribution is 8.18. The van der Waals surface area contributed by atoms with E-state index in [1.165, 1.54) is 17.3 Å². The van der Waals surface area contributed by atoms with Crippen LogP contribution in [0.25, 0.3) is 6.08 Å². The van der Waals surface area contributed by atoms with Crippen LogP contribution in [-0.4, -0.2) is 29.6 Å². The zero-order valence-corrected chi connectivity index (χ0v) is 18.4. The molecule has 0 aromatic heterocycles. The molecule has 0 radical (unpaired) electrons. The van der Waals surface area contributed by atoms with E-state index in [-0.39, 0.29) is 5.91 Å². The van der Waals surface area contributed by atoms with Crippen molar-refractivity contribution < 1.29 is 9.53 Å². The topological polar surface area (TPSA) is 41.9 Å². The second-order valence-corrected chi connectivity index (χ2v) is 8.26. The average molecular weight is 429 g/mol. The lowest BCUT2D eigenvalue weighted by Gasteiger charge is -2.15. The molecule has 5 heteroatoms. The molecule has 0 atom stereocenters. The normalized spacial score (nSPS) is 16.3. The molecule has 1 amide bonds. The van der Waals surface area contributed by atoms with Crippen LogP contribution in [0.15, 0.2) is 88.8 Å². The van der Waals surface area contributed by atoms with Gasteiger partial charge in [0.1, 0.15) is 5.75 Å². The van der Waals surface area contributed by atoms with Gasteiger partial charge in [-0.25, -0.2) is 4.99 Å². The van der Waals surface area contributed by atoms with E-state index in [1.807, 2.05) is 79.7 Å². The Morgan fingerprint density at radius 1 is 1.00 bits per heavy atom. The van der Waals surface area contributed by atoms with Crippen molar-refractivity contribution in [1.82, 2.24) is 4.90 Å². The van der Waals surface area contributed by atoms with E-state index in [0.29, 0.717) is 16.6 Å². The van der Waals surface area contributed by atoms with Gasteiger partial charge in [0.05, 0.1) is 17.7 Å². The summed E-state index contributed by atoms with van der Waals surface area (Å²) in [5.41, 5.74) is 4.09. The summed E-state index contributed by atoms with van der Waals surface area (Å²) in [5, 5.41) is 0.713. The first kappa shape index (κ1) is 20.9. The fraction of sp³-hybridized carbons (Fsp3) is 0.154. The number of hydrogen-bond donors (Lipinski definition) is 0. The van der Waals surface area contributed by atoms with Gasteiger partial charge in [-0.3, -0.25) is 9.69 Å². The summed E-state index contributed by atoms with van der Waals surface area (Å²) in [7, 11) is 1.65. The van der Waals surface area contributed by atoms with Crippen LogP contribution in [0.1, 0.15) is 16.7 Å². The third kappa shape index (κ3) is 5.06. The second-order valence-electron chi connectivity index (χ2n) is 7.26. The third-order valence-electron chi connectivity index (χ3n) is 5.10. The summed E-state index contributed by atoms with van der Waals surface area (Å²) in [5.74, 6) is 0.798. The van der Waals surface area contributed by atoms with Gasteiger partial charge in [-0.15, -0.1) is 0 Å². The van der Waals surface area contributed by atoms with Gasteiger partial charge < -0.3 is 4.74 Å². The number of amides is 1. The van der Waals surface area contributed by atoms with Crippen molar-refractivity contribution in [3.05, 3.63) is 100 Å². The quantitative estimate of drug-likeness (QED) is 0.463. The molecule has 0 unspecified atom stereocenters. The molecular weight excluding hydrogens is 404 g/mol. The molecule has 1 fully saturated rings. The van der Waals surface area contributed by atoms with Crippen LogP contribution in [0.3, 0.4) is 0 Å². The molecular formula is C26H24N2O2S. The smallest absolute Gasteiger partial charge is 0.266 e. The Balaban J connectivity index is 1.64. The number of carbonyl (C=O) groups excluding carboxylic acids is 1. The number of hydrogen-bond acceptors (Lipinski definition) is 4. The Kier molecular flexibility index (Phi) is 6.53. The largest absolute Gasteiger partial charge is 0.497 e. The van der Waals surface area contributed by atoms with Crippen molar-refractivity contribution in [3.63, 3.8) is 0 Å². The standard InChI is InChI=1S/C26H24N2O2S/c1-19-17-23(30-2)14-13-21(19)18-24-25(29)28(16-15-20-9-5-3-6-10-20)26(31-24)27-22-11-7-4-8-12-22/h3-14,17-18H,15-16H2,1-2H3. The van der Waals surface area contributed by atoms with E-state index < -0.39 is 0 Å². The van der Waals surface area contributed by atoms with Crippen LogP contribution in [0.4, 0.5) is 5.69 Å². The Morgan fingerprint density at radius 3 is 2.39 bits per heavy atom. The Labute approximate surface area is 187 Å². The minimum absolute atomic E-state index is 0.00849. The molecule has 1 saturated heterocycles. The molecule has 3 aromatic carbocycles. The third-order valence-corrected chi connectivity index (χ3v) is 6.11. The number of aryl methyl sites for hydroxylation is 1. The van der Waals surface area contributed by atoms with Gasteiger partial charge in [0, 0.05) is 6.54 Å². The summed E-state index contributed by atoms with van der Waals surface area (Å²) in [6.45, 7) is 2.60. The van der Waals surface area contributed by atoms with Crippen molar-refractivity contribution in [2.45, 2.75) is 13.3 Å². The number of benzene rings is 3. The summed E-state index contributed by atoms with van der Waals surface area (Å²) in [4.78, 5) is 20.5. The minimum Gasteiger partial charge on any atom is -0.497 e. The molecule has 1 aliphatic rings. The number of aliphatic imine (C=N–C) groups is 1. The summed E-state index contributed by atoms with van der Waals surface area (Å²) in [6.07, 6.45) is 2.72. The van der Waals surface area contributed by atoms with Crippen molar-refractivity contribution in [1.29, 1.82) is 0 Å². The summed E-state index contributed by atoms with van der Waals surface area (Å²) >= 11 is 1.43. The van der Waals surface area contributed by atoms with Gasteiger partial charge in [0.2, 0.25) is 0 Å². The highest BCUT2D eigenvalue weighted by Gasteiger charge is 2.33. The molecule has 4 nitrogen and oxygen atoms in total. The number of carbonyl (C=O) groups is 1. The van der Waals surface area contributed by atoms with Crippen molar-refractivity contribution in [2.24, 2.45) is 4.99 Å². The summed E-state index contributed by atoms with van der Waals surface area (Å²) in [6, 6.07) is 25.8. The zero-order valence-electron chi connectivity index (χ0n) is 17.6. The molecule has 0 spiro atoms. The van der Waals surface area contributed by atoms with E-state index >= 15 is 0 Å². The number of ether oxygens (including phenoxy) is 1. The van der Waals surface area contributed by atoms with Crippen LogP contribution in [-0.2, 0) is 11.2 Å². The minimum atomic E-state index is -0.00849. The Hall–Kier alpha value is -3.31. The SMILES string of the molecule is COc1ccc(C=C2SC(=Nc3ccccc3)N(CCc3ccccc3)C2=O)c(C)c1. The van der Waals surface area contributed by atoms with E-state index in [9.17, 15) is 4.79 Å². The molecule has 3 aromatic rings. The highest BCUT2D eigenvalue weighted by Crippen LogP contribution is 2.35. The van der Waals surface area contributed by atoms with Crippen LogP contribution in [0.2, 0.25) is 0 Å². The van der Waals surface area contributed by atoms with Crippen LogP contribution in [0.5, 0.6) is 5.75 Å². The predicted octanol–water partition coefficient (Wildman–Crippen LogP) is 5.85. The first-order valence-corrected chi connectivity index (χ1v) is 11.0. The monoisotopic (exact) mass is 428 g/mol. The fourth-order valence-electron chi connectivity index (χ4n) is 3.37. The maximum Gasteiger partial charge on any atom is 0.266 e. The number of thioether (sulfide) groups is 1. The van der Waals surface area contributed by atoms with Gasteiger partial charge in [-0.05, 0) is 72.1 Å². The van der Waals surface area contributed by atoms with E-state index in [0.717, 1.165) is 29.0 Å². The van der Waals surface area contributed by atoms with Crippen molar-refractivity contribution in [2.75, 3.05) is 13.7 Å². The first-order chi connectivity index (χ1) is 15.1. The van der Waals surface area contributed by atoms with Gasteiger partial charge in [0.25, 0.3) is 5.91 Å². The zero-order chi connectivity index (χ0) is 21.6. The summed E-state index contributed by atoms with van der Waals surface area (Å²) < 4.78 is 5.30. The number of nitrogens with zero attached hydrogens (tertiary/aromatic N) is 2. The molecule has 0 aliphatic carbocycles. The lowest BCUT2D eigenvalue weighted by Crippen LogP contribution is -2.31. The molecule has 1 heterocycles. The predicted molar refractivity (Wildman–Crippen MR) is 129 cm³/mol. The van der Waals surface area contributed by atoms with Crippen LogP contribution < -0.4 is 4.74 Å². The number of para-hydroxylation sites is 1. The van der Waals surface area contributed by atoms with E-state index in [4.69, 9.17) is 9.73 Å². The molecule has 31 heavy (non-hydrogen) atoms. The van der Waals surface area contributed by atoms with Crippen LogP contribution in [0, 0.1) is 6.92 Å². The fourth-order valence-corrected chi connectivity index (χ4v) is 4.38.